The first-order chi connectivity index (χ1) is 15.7. The Bertz CT molecular complexity index is 950. The maximum atomic E-state index is 14.2. The number of nitrogens with zero attached hydrogens (tertiary/aromatic N) is 1. The number of carbonyl (C=O) groups is 1. The van der Waals surface area contributed by atoms with E-state index >= 15 is 0 Å². The van der Waals surface area contributed by atoms with Crippen molar-refractivity contribution < 1.29 is 31.8 Å². The fourth-order valence-corrected chi connectivity index (χ4v) is 6.06. The van der Waals surface area contributed by atoms with Gasteiger partial charge in [0.1, 0.15) is 11.6 Å². The molecule has 3 heterocycles. The number of nitrogens with one attached hydrogen (secondary N) is 1. The highest BCUT2D eigenvalue weighted by molar-refractivity contribution is 7.88. The Labute approximate surface area is 194 Å². The molecule has 10 heteroatoms. The van der Waals surface area contributed by atoms with E-state index in [2.05, 4.69) is 4.72 Å². The number of halogens is 1. The van der Waals surface area contributed by atoms with Crippen molar-refractivity contribution in [3.05, 3.63) is 29.6 Å². The molecule has 8 nitrogen and oxygen atoms in total. The summed E-state index contributed by atoms with van der Waals surface area (Å²) in [6.07, 6.45) is 4.95. The van der Waals surface area contributed by atoms with Crippen LogP contribution in [0.15, 0.2) is 18.2 Å². The number of carbonyl (C=O) groups excluding carboxylic acids is 1. The van der Waals surface area contributed by atoms with Gasteiger partial charge in [-0.25, -0.2) is 22.3 Å². The van der Waals surface area contributed by atoms with E-state index in [1.54, 1.807) is 11.0 Å². The summed E-state index contributed by atoms with van der Waals surface area (Å²) >= 11 is 0. The molecule has 1 amide bonds. The zero-order chi connectivity index (χ0) is 23.6. The van der Waals surface area contributed by atoms with Gasteiger partial charge in [0.15, 0.2) is 0 Å². The van der Waals surface area contributed by atoms with Crippen LogP contribution in [0.5, 0.6) is 5.75 Å². The predicted molar refractivity (Wildman–Crippen MR) is 120 cm³/mol. The first-order valence-electron chi connectivity index (χ1n) is 11.7. The molecule has 5 rings (SSSR count). The van der Waals surface area contributed by atoms with Gasteiger partial charge in [-0.05, 0) is 62.6 Å². The van der Waals surface area contributed by atoms with Gasteiger partial charge >= 0.3 is 6.09 Å². The smallest absolute Gasteiger partial charge is 0.410 e. The van der Waals surface area contributed by atoms with E-state index in [0.717, 1.165) is 37.5 Å². The summed E-state index contributed by atoms with van der Waals surface area (Å²) in [6, 6.07) is 3.78. The Kier molecular flexibility index (Phi) is 7.45. The number of sulfonamides is 1. The molecule has 4 aliphatic rings. The maximum Gasteiger partial charge on any atom is 0.410 e. The molecule has 1 aromatic carbocycles. The largest absolute Gasteiger partial charge is 0.493 e. The number of hydrogen-bond acceptors (Lipinski definition) is 6. The van der Waals surface area contributed by atoms with E-state index in [0.29, 0.717) is 25.2 Å². The molecule has 1 aliphatic carbocycles. The molecule has 1 saturated heterocycles. The zero-order valence-corrected chi connectivity index (χ0v) is 20.0. The van der Waals surface area contributed by atoms with Gasteiger partial charge in [-0.15, -0.1) is 0 Å². The van der Waals surface area contributed by atoms with Crippen molar-refractivity contribution in [2.75, 3.05) is 26.1 Å². The number of amides is 1. The Morgan fingerprint density at radius 1 is 1.09 bits per heavy atom. The van der Waals surface area contributed by atoms with Crippen molar-refractivity contribution in [1.29, 1.82) is 0 Å². The minimum Gasteiger partial charge on any atom is -0.493 e. The van der Waals surface area contributed by atoms with Crippen LogP contribution < -0.4 is 9.46 Å². The van der Waals surface area contributed by atoms with Crippen molar-refractivity contribution in [2.24, 2.45) is 0 Å². The van der Waals surface area contributed by atoms with Crippen molar-refractivity contribution >= 4 is 16.1 Å². The Morgan fingerprint density at radius 3 is 2.55 bits per heavy atom. The summed E-state index contributed by atoms with van der Waals surface area (Å²) in [5.74, 6) is 0.414. The molecule has 3 aliphatic heterocycles. The standard InChI is InChI=1S/C23H33FN2O6S/c1-15-10-21(25-33(2,28)29)22-14-32-19-6-4-16(5-7-19)17-11-18(24)13-20(12-17)30-8-3-9-31-23(27)26(15)22/h11-13,15-16,19,21-22,25H,3-10,14H2,1-2H3/t15-,16?,19?,21+,22+/m1/s1. The molecule has 0 unspecified atom stereocenters. The van der Waals surface area contributed by atoms with E-state index in [9.17, 15) is 17.6 Å². The summed E-state index contributed by atoms with van der Waals surface area (Å²) < 4.78 is 58.1. The van der Waals surface area contributed by atoms with Crippen molar-refractivity contribution in [2.45, 2.75) is 75.6 Å². The van der Waals surface area contributed by atoms with Gasteiger partial charge in [0.25, 0.3) is 0 Å². The van der Waals surface area contributed by atoms with Crippen molar-refractivity contribution in [3.8, 4) is 5.75 Å². The number of fused-ring (bicyclic) bond motifs is 8. The molecule has 184 valence electrons. The molecule has 1 N–H and O–H groups in total. The molecular formula is C23H33FN2O6S. The van der Waals surface area contributed by atoms with Gasteiger partial charge in [-0.1, -0.05) is 0 Å². The van der Waals surface area contributed by atoms with Crippen LogP contribution >= 0.6 is 0 Å². The number of hydrogen-bond donors (Lipinski definition) is 1. The lowest BCUT2D eigenvalue weighted by molar-refractivity contribution is -0.0106. The third-order valence-electron chi connectivity index (χ3n) is 6.79. The Hall–Kier alpha value is -1.91. The quantitative estimate of drug-likeness (QED) is 0.693. The molecule has 3 atom stereocenters. The maximum absolute atomic E-state index is 14.2. The normalized spacial score (nSPS) is 31.4. The van der Waals surface area contributed by atoms with Crippen molar-refractivity contribution in [3.63, 3.8) is 0 Å². The van der Waals surface area contributed by atoms with Crippen LogP contribution in [-0.4, -0.2) is 69.7 Å². The van der Waals surface area contributed by atoms with E-state index < -0.39 is 28.2 Å². The summed E-state index contributed by atoms with van der Waals surface area (Å²) in [6.45, 7) is 2.56. The minimum atomic E-state index is -3.45. The van der Waals surface area contributed by atoms with E-state index in [-0.39, 0.29) is 37.1 Å². The monoisotopic (exact) mass is 484 g/mol. The Morgan fingerprint density at radius 2 is 1.82 bits per heavy atom. The first-order valence-corrected chi connectivity index (χ1v) is 13.6. The van der Waals surface area contributed by atoms with Crippen LogP contribution in [0, 0.1) is 5.82 Å². The third kappa shape index (κ3) is 6.16. The second kappa shape index (κ2) is 10.1. The number of ether oxygens (including phenoxy) is 3. The summed E-state index contributed by atoms with van der Waals surface area (Å²) in [7, 11) is -3.45. The summed E-state index contributed by atoms with van der Waals surface area (Å²) in [5.41, 5.74) is 0.937. The lowest BCUT2D eigenvalue weighted by Crippen LogP contribution is -2.50. The molecule has 4 bridgehead atoms. The van der Waals surface area contributed by atoms with Crippen LogP contribution in [-0.2, 0) is 19.5 Å². The molecule has 1 aromatic rings. The second-order valence-electron chi connectivity index (χ2n) is 9.40. The average molecular weight is 485 g/mol. The SMILES string of the molecule is C[C@@H]1C[C@H](NS(C)(=O)=O)[C@@H]2COC3CCC(CC3)c3cc(F)cc(c3)OCCCOC(=O)N12. The summed E-state index contributed by atoms with van der Waals surface area (Å²) in [4.78, 5) is 14.5. The topological polar surface area (TPSA) is 94.2 Å². The predicted octanol–water partition coefficient (Wildman–Crippen LogP) is 3.17. The molecule has 2 fully saturated rings. The fraction of sp³-hybridized carbons (Fsp3) is 0.696. The van der Waals surface area contributed by atoms with E-state index in [1.165, 1.54) is 6.07 Å². The highest BCUT2D eigenvalue weighted by Gasteiger charge is 2.44. The molecule has 0 aromatic heterocycles. The van der Waals surface area contributed by atoms with Crippen LogP contribution in [0.25, 0.3) is 0 Å². The second-order valence-corrected chi connectivity index (χ2v) is 11.2. The van der Waals surface area contributed by atoms with Crippen LogP contribution in [0.2, 0.25) is 0 Å². The van der Waals surface area contributed by atoms with Gasteiger partial charge in [-0.3, -0.25) is 4.90 Å². The van der Waals surface area contributed by atoms with Crippen LogP contribution in [0.3, 0.4) is 0 Å². The summed E-state index contributed by atoms with van der Waals surface area (Å²) in [5, 5.41) is 0. The van der Waals surface area contributed by atoms with Crippen molar-refractivity contribution in [1.82, 2.24) is 9.62 Å². The number of benzene rings is 1. The molecule has 33 heavy (non-hydrogen) atoms. The van der Waals surface area contributed by atoms with Gasteiger partial charge < -0.3 is 14.2 Å². The highest BCUT2D eigenvalue weighted by atomic mass is 32.2. The van der Waals surface area contributed by atoms with Gasteiger partial charge in [-0.2, -0.15) is 0 Å². The lowest BCUT2D eigenvalue weighted by Gasteiger charge is -2.33. The Balaban J connectivity index is 1.53. The molecular weight excluding hydrogens is 451 g/mol. The minimum absolute atomic E-state index is 0.00822. The van der Waals surface area contributed by atoms with Gasteiger partial charge in [0.2, 0.25) is 10.0 Å². The fourth-order valence-electron chi connectivity index (χ4n) is 5.26. The van der Waals surface area contributed by atoms with Gasteiger partial charge in [0.05, 0.1) is 38.2 Å². The lowest BCUT2D eigenvalue weighted by atomic mass is 9.82. The number of rotatable bonds is 2. The third-order valence-corrected chi connectivity index (χ3v) is 7.52. The first kappa shape index (κ1) is 24.2. The zero-order valence-electron chi connectivity index (χ0n) is 19.2. The molecule has 0 radical (unpaired) electrons. The highest BCUT2D eigenvalue weighted by Crippen LogP contribution is 2.36. The van der Waals surface area contributed by atoms with Crippen LogP contribution in [0.1, 0.15) is 56.9 Å². The van der Waals surface area contributed by atoms with E-state index in [1.807, 2.05) is 13.0 Å². The molecule has 0 spiro atoms. The van der Waals surface area contributed by atoms with E-state index in [4.69, 9.17) is 14.2 Å². The van der Waals surface area contributed by atoms with Gasteiger partial charge in [0, 0.05) is 24.6 Å². The molecule has 1 saturated carbocycles. The van der Waals surface area contributed by atoms with Crippen LogP contribution in [0.4, 0.5) is 9.18 Å². The average Bonchev–Trinajstić information content (AvgIpc) is 3.04.